The second-order valence-electron chi connectivity index (χ2n) is 3.90. The van der Waals surface area contributed by atoms with Crippen LogP contribution in [-0.4, -0.2) is 0 Å². The Kier molecular flexibility index (Phi) is 4.01. The third kappa shape index (κ3) is 3.22. The molecule has 0 N–H and O–H groups in total. The number of hydrogen-bond acceptors (Lipinski definition) is 0. The van der Waals surface area contributed by atoms with Crippen LogP contribution in [0.25, 0.3) is 0 Å². The van der Waals surface area contributed by atoms with Crippen molar-refractivity contribution >= 4 is 0 Å². The number of allylic oxidation sites excluding steroid dienone is 6. The second-order valence-corrected chi connectivity index (χ2v) is 3.90. The van der Waals surface area contributed by atoms with E-state index in [-0.39, 0.29) is 0 Å². The topological polar surface area (TPSA) is 0 Å². The van der Waals surface area contributed by atoms with Crippen LogP contribution in [0.15, 0.2) is 34.9 Å². The van der Waals surface area contributed by atoms with Gasteiger partial charge in [-0.3, -0.25) is 0 Å². The van der Waals surface area contributed by atoms with Crippen molar-refractivity contribution in [3.8, 4) is 0 Å². The highest BCUT2D eigenvalue weighted by Crippen LogP contribution is 2.19. The summed E-state index contributed by atoms with van der Waals surface area (Å²) in [5, 5.41) is 0. The summed E-state index contributed by atoms with van der Waals surface area (Å²) >= 11 is 0. The molecule has 0 saturated heterocycles. The maximum atomic E-state index is 2.37. The van der Waals surface area contributed by atoms with E-state index in [1.165, 1.54) is 29.6 Å². The van der Waals surface area contributed by atoms with Crippen LogP contribution in [0.3, 0.4) is 0 Å². The third-order valence-electron chi connectivity index (χ3n) is 2.69. The van der Waals surface area contributed by atoms with E-state index >= 15 is 0 Å². The van der Waals surface area contributed by atoms with Gasteiger partial charge >= 0.3 is 0 Å². The molecule has 0 saturated carbocycles. The molecule has 0 fully saturated rings. The minimum atomic E-state index is 1.13. The van der Waals surface area contributed by atoms with Crippen molar-refractivity contribution in [1.29, 1.82) is 0 Å². The summed E-state index contributed by atoms with van der Waals surface area (Å²) in [6.45, 7) is 6.72. The lowest BCUT2D eigenvalue weighted by Gasteiger charge is -2.08. The lowest BCUT2D eigenvalue weighted by Crippen LogP contribution is -1.88. The van der Waals surface area contributed by atoms with Crippen molar-refractivity contribution in [3.05, 3.63) is 34.9 Å². The molecular weight excluding hydrogens is 156 g/mol. The molecule has 0 aromatic carbocycles. The van der Waals surface area contributed by atoms with Gasteiger partial charge in [-0.1, -0.05) is 48.3 Å². The minimum absolute atomic E-state index is 1.13. The fraction of sp³-hybridized carbons (Fsp3) is 0.538. The number of hydrogen-bond donors (Lipinski definition) is 0. The van der Waals surface area contributed by atoms with Gasteiger partial charge in [-0.2, -0.15) is 0 Å². The molecule has 1 aliphatic rings. The van der Waals surface area contributed by atoms with E-state index in [4.69, 9.17) is 0 Å². The summed E-state index contributed by atoms with van der Waals surface area (Å²) in [5.41, 5.74) is 4.58. The lowest BCUT2D eigenvalue weighted by molar-refractivity contribution is 0.911. The maximum Gasteiger partial charge on any atom is -0.0133 e. The van der Waals surface area contributed by atoms with E-state index in [0.29, 0.717) is 0 Å². The highest BCUT2D eigenvalue weighted by atomic mass is 14.0. The Balaban J connectivity index is 2.73. The van der Waals surface area contributed by atoms with E-state index < -0.39 is 0 Å². The fourth-order valence-corrected chi connectivity index (χ4v) is 1.56. The zero-order valence-electron chi connectivity index (χ0n) is 9.06. The summed E-state index contributed by atoms with van der Waals surface area (Å²) in [7, 11) is 0. The van der Waals surface area contributed by atoms with Crippen LogP contribution in [0, 0.1) is 0 Å². The molecule has 0 amide bonds. The van der Waals surface area contributed by atoms with Crippen molar-refractivity contribution in [2.24, 2.45) is 0 Å². The van der Waals surface area contributed by atoms with Gasteiger partial charge in [0, 0.05) is 0 Å². The highest BCUT2D eigenvalue weighted by molar-refractivity contribution is 5.27. The Bertz CT molecular complexity index is 251. The maximum absolute atomic E-state index is 2.37. The van der Waals surface area contributed by atoms with Crippen LogP contribution in [0.1, 0.15) is 46.5 Å². The Morgan fingerprint density at radius 1 is 1.15 bits per heavy atom. The van der Waals surface area contributed by atoms with E-state index in [1.54, 1.807) is 0 Å². The van der Waals surface area contributed by atoms with Gasteiger partial charge in [0.15, 0.2) is 0 Å². The van der Waals surface area contributed by atoms with Crippen LogP contribution >= 0.6 is 0 Å². The quantitative estimate of drug-likeness (QED) is 0.547. The zero-order chi connectivity index (χ0) is 9.68. The van der Waals surface area contributed by atoms with Crippen molar-refractivity contribution in [2.75, 3.05) is 0 Å². The zero-order valence-corrected chi connectivity index (χ0v) is 9.06. The van der Waals surface area contributed by atoms with Crippen LogP contribution in [0.2, 0.25) is 0 Å². The first-order valence-corrected chi connectivity index (χ1v) is 5.24. The predicted molar refractivity (Wildman–Crippen MR) is 59.7 cm³/mol. The molecule has 0 nitrogen and oxygen atoms in total. The number of rotatable bonds is 2. The van der Waals surface area contributed by atoms with Crippen LogP contribution in [-0.2, 0) is 0 Å². The lowest BCUT2D eigenvalue weighted by atomic mass is 9.98. The van der Waals surface area contributed by atoms with Crippen LogP contribution in [0.5, 0.6) is 0 Å². The van der Waals surface area contributed by atoms with E-state index in [9.17, 15) is 0 Å². The van der Waals surface area contributed by atoms with Gasteiger partial charge in [0.05, 0.1) is 0 Å². The van der Waals surface area contributed by atoms with Crippen molar-refractivity contribution in [2.45, 2.75) is 46.5 Å². The predicted octanol–water partition coefficient (Wildman–Crippen LogP) is 4.40. The Morgan fingerprint density at radius 2 is 1.85 bits per heavy atom. The van der Waals surface area contributed by atoms with E-state index in [1.807, 2.05) is 0 Å². The van der Waals surface area contributed by atoms with Crippen LogP contribution < -0.4 is 0 Å². The molecule has 1 rings (SSSR count). The van der Waals surface area contributed by atoms with Gasteiger partial charge in [0.25, 0.3) is 0 Å². The molecule has 0 spiro atoms. The van der Waals surface area contributed by atoms with E-state index in [2.05, 4.69) is 39.0 Å². The largest absolute Gasteiger partial charge is 0.0802 e. The third-order valence-corrected chi connectivity index (χ3v) is 2.69. The Labute approximate surface area is 82.0 Å². The first-order valence-electron chi connectivity index (χ1n) is 5.24. The molecule has 0 aromatic rings. The molecule has 0 radical (unpaired) electrons. The molecule has 0 heteroatoms. The summed E-state index contributed by atoms with van der Waals surface area (Å²) < 4.78 is 0. The summed E-state index contributed by atoms with van der Waals surface area (Å²) in [5.74, 6) is 0. The van der Waals surface area contributed by atoms with Gasteiger partial charge in [0.2, 0.25) is 0 Å². The molecule has 13 heavy (non-hydrogen) atoms. The summed E-state index contributed by atoms with van der Waals surface area (Å²) in [4.78, 5) is 0. The molecule has 0 aromatic heterocycles. The van der Waals surface area contributed by atoms with Crippen molar-refractivity contribution < 1.29 is 0 Å². The highest BCUT2D eigenvalue weighted by Gasteiger charge is 1.99. The van der Waals surface area contributed by atoms with Crippen LogP contribution in [0.4, 0.5) is 0 Å². The van der Waals surface area contributed by atoms with Crippen molar-refractivity contribution in [1.82, 2.24) is 0 Å². The molecule has 0 heterocycles. The van der Waals surface area contributed by atoms with Gasteiger partial charge in [-0.25, -0.2) is 0 Å². The van der Waals surface area contributed by atoms with Gasteiger partial charge < -0.3 is 0 Å². The average Bonchev–Trinajstić information content (AvgIpc) is 2.11. The molecule has 0 unspecified atom stereocenters. The normalized spacial score (nSPS) is 26.2. The van der Waals surface area contributed by atoms with Gasteiger partial charge in [0.1, 0.15) is 0 Å². The monoisotopic (exact) mass is 176 g/mol. The first kappa shape index (κ1) is 10.3. The average molecular weight is 176 g/mol. The second kappa shape index (κ2) is 5.06. The Hall–Kier alpha value is -0.780. The molecule has 0 bridgehead atoms. The Morgan fingerprint density at radius 3 is 2.54 bits per heavy atom. The SMILES string of the molecule is CCCC1=CC/C(C)=C(/C)C/C=C\1. The minimum Gasteiger partial charge on any atom is -0.0802 e. The molecule has 0 atom stereocenters. The smallest absolute Gasteiger partial charge is 0.0133 e. The standard InChI is InChI=1S/C13H20/c1-4-6-13-8-5-7-11(2)12(3)9-10-13/h5,8,10H,4,6-7,9H2,1-3H3/b8-5-,12-11-,13-10?. The molecule has 0 aliphatic heterocycles. The van der Waals surface area contributed by atoms with Gasteiger partial charge in [-0.05, 0) is 33.1 Å². The van der Waals surface area contributed by atoms with Gasteiger partial charge in [-0.15, -0.1) is 0 Å². The van der Waals surface area contributed by atoms with Crippen molar-refractivity contribution in [3.63, 3.8) is 0 Å². The van der Waals surface area contributed by atoms with E-state index in [0.717, 1.165) is 12.8 Å². The molecule has 1 aliphatic carbocycles. The first-order chi connectivity index (χ1) is 6.24. The summed E-state index contributed by atoms with van der Waals surface area (Å²) in [6.07, 6.45) is 11.7. The molecular formula is C13H20. The fourth-order valence-electron chi connectivity index (χ4n) is 1.56. The summed E-state index contributed by atoms with van der Waals surface area (Å²) in [6, 6.07) is 0. The molecule has 72 valence electrons.